The Morgan fingerprint density at radius 2 is 2.21 bits per heavy atom. The van der Waals surface area contributed by atoms with E-state index in [-0.39, 0.29) is 0 Å². The van der Waals surface area contributed by atoms with Gasteiger partial charge in [-0.15, -0.1) is 11.3 Å². The first-order valence-corrected chi connectivity index (χ1v) is 8.52. The summed E-state index contributed by atoms with van der Waals surface area (Å²) in [5.41, 5.74) is 1.72. The van der Waals surface area contributed by atoms with E-state index in [0.29, 0.717) is 5.54 Å². The zero-order valence-corrected chi connectivity index (χ0v) is 12.8. The molecule has 0 aromatic carbocycles. The lowest BCUT2D eigenvalue weighted by Crippen LogP contribution is -2.49. The van der Waals surface area contributed by atoms with Gasteiger partial charge < -0.3 is 10.2 Å². The first-order valence-electron chi connectivity index (χ1n) is 7.64. The molecule has 3 rings (SSSR count). The predicted molar refractivity (Wildman–Crippen MR) is 80.8 cm³/mol. The molecule has 0 bridgehead atoms. The Labute approximate surface area is 120 Å². The lowest BCUT2D eigenvalue weighted by Gasteiger charge is -2.33. The molecule has 1 spiro atoms. The fourth-order valence-electron chi connectivity index (χ4n) is 3.59. The summed E-state index contributed by atoms with van der Waals surface area (Å²) >= 11 is 1.77. The van der Waals surface area contributed by atoms with Crippen LogP contribution >= 0.6 is 11.3 Å². The summed E-state index contributed by atoms with van der Waals surface area (Å²) in [7, 11) is 0. The molecule has 0 radical (unpaired) electrons. The third kappa shape index (κ3) is 3.36. The van der Waals surface area contributed by atoms with Crippen LogP contribution < -0.4 is 5.32 Å². The average molecular weight is 279 g/mol. The fraction of sp³-hybridized carbons (Fsp3) is 0.800. The van der Waals surface area contributed by atoms with Crippen molar-refractivity contribution in [3.05, 3.63) is 16.1 Å². The number of hydrogen-bond donors (Lipinski definition) is 1. The molecule has 1 N–H and O–H groups in total. The Balaban J connectivity index is 1.57. The molecule has 1 aliphatic heterocycles. The van der Waals surface area contributed by atoms with E-state index in [1.54, 1.807) is 11.3 Å². The summed E-state index contributed by atoms with van der Waals surface area (Å²) < 4.78 is 0. The fourth-order valence-corrected chi connectivity index (χ4v) is 4.24. The van der Waals surface area contributed by atoms with E-state index in [2.05, 4.69) is 27.5 Å². The van der Waals surface area contributed by atoms with Crippen molar-refractivity contribution in [1.29, 1.82) is 0 Å². The number of nitrogens with zero attached hydrogens (tertiary/aromatic N) is 2. The van der Waals surface area contributed by atoms with Crippen molar-refractivity contribution in [2.45, 2.75) is 51.0 Å². The van der Waals surface area contributed by atoms with Gasteiger partial charge in [-0.05, 0) is 39.3 Å². The maximum Gasteiger partial charge on any atom is 0.0897 e. The minimum Gasteiger partial charge on any atom is -0.310 e. The summed E-state index contributed by atoms with van der Waals surface area (Å²) in [6, 6.07) is 0. The first kappa shape index (κ1) is 13.5. The topological polar surface area (TPSA) is 28.2 Å². The van der Waals surface area contributed by atoms with Crippen molar-refractivity contribution in [2.24, 2.45) is 0 Å². The normalized spacial score (nSPS) is 23.8. The standard InChI is InChI=1S/C15H25N3S/c1-13-17-14(11-19-13)5-10-18-9-4-8-16-15(12-18)6-2-3-7-15/h11,16H,2-10,12H2,1H3. The maximum atomic E-state index is 4.58. The molecule has 1 saturated carbocycles. The van der Waals surface area contributed by atoms with Crippen LogP contribution in [0.3, 0.4) is 0 Å². The molecule has 3 nitrogen and oxygen atoms in total. The van der Waals surface area contributed by atoms with Gasteiger partial charge in [0.2, 0.25) is 0 Å². The number of aromatic nitrogens is 1. The van der Waals surface area contributed by atoms with E-state index in [9.17, 15) is 0 Å². The summed E-state index contributed by atoms with van der Waals surface area (Å²) in [6.07, 6.45) is 7.97. The largest absolute Gasteiger partial charge is 0.310 e. The molecule has 1 aromatic heterocycles. The molecule has 1 aliphatic carbocycles. The highest BCUT2D eigenvalue weighted by Gasteiger charge is 2.36. The van der Waals surface area contributed by atoms with E-state index < -0.39 is 0 Å². The molecule has 106 valence electrons. The van der Waals surface area contributed by atoms with Crippen molar-refractivity contribution in [3.8, 4) is 0 Å². The van der Waals surface area contributed by atoms with Crippen LogP contribution in [0.4, 0.5) is 0 Å². The van der Waals surface area contributed by atoms with Gasteiger partial charge in [0.25, 0.3) is 0 Å². The monoisotopic (exact) mass is 279 g/mol. The third-order valence-electron chi connectivity index (χ3n) is 4.59. The quantitative estimate of drug-likeness (QED) is 0.922. The Morgan fingerprint density at radius 1 is 1.37 bits per heavy atom. The molecule has 0 amide bonds. The van der Waals surface area contributed by atoms with Gasteiger partial charge in [-0.1, -0.05) is 12.8 Å². The Kier molecular flexibility index (Phi) is 4.20. The van der Waals surface area contributed by atoms with E-state index in [1.807, 2.05) is 0 Å². The van der Waals surface area contributed by atoms with Crippen molar-refractivity contribution in [3.63, 3.8) is 0 Å². The zero-order chi connectivity index (χ0) is 13.1. The van der Waals surface area contributed by atoms with Crippen LogP contribution in [-0.2, 0) is 6.42 Å². The maximum absolute atomic E-state index is 4.58. The second-order valence-electron chi connectivity index (χ2n) is 6.15. The minimum atomic E-state index is 0.439. The number of rotatable bonds is 3. The average Bonchev–Trinajstić information content (AvgIpc) is 2.95. The number of hydrogen-bond acceptors (Lipinski definition) is 4. The molecule has 0 atom stereocenters. The van der Waals surface area contributed by atoms with Gasteiger partial charge >= 0.3 is 0 Å². The van der Waals surface area contributed by atoms with Crippen LogP contribution in [0.25, 0.3) is 0 Å². The Hall–Kier alpha value is -0.450. The van der Waals surface area contributed by atoms with E-state index in [4.69, 9.17) is 0 Å². The minimum absolute atomic E-state index is 0.439. The molecular weight excluding hydrogens is 254 g/mol. The Bertz CT molecular complexity index is 409. The van der Waals surface area contributed by atoms with E-state index >= 15 is 0 Å². The highest BCUT2D eigenvalue weighted by Crippen LogP contribution is 2.31. The van der Waals surface area contributed by atoms with Gasteiger partial charge in [-0.2, -0.15) is 0 Å². The summed E-state index contributed by atoms with van der Waals surface area (Å²) in [5.74, 6) is 0. The van der Waals surface area contributed by atoms with Gasteiger partial charge in [0.1, 0.15) is 0 Å². The summed E-state index contributed by atoms with van der Waals surface area (Å²) in [5, 5.41) is 7.25. The smallest absolute Gasteiger partial charge is 0.0897 e. The van der Waals surface area contributed by atoms with Crippen molar-refractivity contribution in [1.82, 2.24) is 15.2 Å². The molecule has 1 saturated heterocycles. The van der Waals surface area contributed by atoms with Crippen LogP contribution in [0.2, 0.25) is 0 Å². The number of aryl methyl sites for hydroxylation is 1. The SMILES string of the molecule is Cc1nc(CCN2CCCNC3(CCCC3)C2)cs1. The van der Waals surface area contributed by atoms with Crippen LogP contribution in [0.5, 0.6) is 0 Å². The van der Waals surface area contributed by atoms with Crippen LogP contribution in [0.1, 0.15) is 42.8 Å². The summed E-state index contributed by atoms with van der Waals surface area (Å²) in [4.78, 5) is 7.25. The first-order chi connectivity index (χ1) is 9.26. The lowest BCUT2D eigenvalue weighted by atomic mass is 9.97. The molecule has 19 heavy (non-hydrogen) atoms. The van der Waals surface area contributed by atoms with E-state index in [1.165, 1.54) is 69.0 Å². The second-order valence-corrected chi connectivity index (χ2v) is 7.21. The van der Waals surface area contributed by atoms with Crippen molar-refractivity contribution >= 4 is 11.3 Å². The van der Waals surface area contributed by atoms with Gasteiger partial charge in [-0.25, -0.2) is 4.98 Å². The molecule has 2 aliphatic rings. The second kappa shape index (κ2) is 5.90. The van der Waals surface area contributed by atoms with E-state index in [0.717, 1.165) is 6.42 Å². The molecular formula is C15H25N3S. The summed E-state index contributed by atoms with van der Waals surface area (Å²) in [6.45, 7) is 6.96. The number of thiazole rings is 1. The van der Waals surface area contributed by atoms with Gasteiger partial charge in [0.05, 0.1) is 10.7 Å². The van der Waals surface area contributed by atoms with Crippen molar-refractivity contribution in [2.75, 3.05) is 26.2 Å². The molecule has 2 fully saturated rings. The highest BCUT2D eigenvalue weighted by molar-refractivity contribution is 7.09. The van der Waals surface area contributed by atoms with Crippen LogP contribution in [-0.4, -0.2) is 41.6 Å². The van der Waals surface area contributed by atoms with Crippen LogP contribution in [0, 0.1) is 6.92 Å². The Morgan fingerprint density at radius 3 is 2.95 bits per heavy atom. The highest BCUT2D eigenvalue weighted by atomic mass is 32.1. The molecule has 1 aromatic rings. The molecule has 2 heterocycles. The van der Waals surface area contributed by atoms with Gasteiger partial charge in [-0.3, -0.25) is 0 Å². The third-order valence-corrected chi connectivity index (χ3v) is 5.41. The lowest BCUT2D eigenvalue weighted by molar-refractivity contribution is 0.211. The zero-order valence-electron chi connectivity index (χ0n) is 12.0. The van der Waals surface area contributed by atoms with Crippen LogP contribution in [0.15, 0.2) is 5.38 Å². The molecule has 0 unspecified atom stereocenters. The molecule has 4 heteroatoms. The van der Waals surface area contributed by atoms with Gasteiger partial charge in [0.15, 0.2) is 0 Å². The van der Waals surface area contributed by atoms with Gasteiger partial charge in [0, 0.05) is 30.4 Å². The van der Waals surface area contributed by atoms with Crippen molar-refractivity contribution < 1.29 is 0 Å². The number of nitrogens with one attached hydrogen (secondary N) is 1. The predicted octanol–water partition coefficient (Wildman–Crippen LogP) is 2.60.